The summed E-state index contributed by atoms with van der Waals surface area (Å²) in [5.74, 6) is 0.648. The van der Waals surface area contributed by atoms with E-state index in [4.69, 9.17) is 4.74 Å². The molecule has 40 heavy (non-hydrogen) atoms. The SMILES string of the molecule is CCC(=O)N1CCN(C(=O)c2cc(Sc3cnc(NC(=O)N4CC5(CCCC5)C4)s3)c(C)cc2OC)CC12CC2. The van der Waals surface area contributed by atoms with Gasteiger partial charge in [-0.2, -0.15) is 0 Å². The van der Waals surface area contributed by atoms with Crippen molar-refractivity contribution in [3.63, 3.8) is 0 Å². The first-order valence-electron chi connectivity index (χ1n) is 14.2. The molecule has 4 aliphatic rings. The molecule has 2 aromatic rings. The van der Waals surface area contributed by atoms with E-state index in [1.54, 1.807) is 13.3 Å². The number of thiazole rings is 1. The lowest BCUT2D eigenvalue weighted by Crippen LogP contribution is -2.58. The summed E-state index contributed by atoms with van der Waals surface area (Å²) in [6.07, 6.45) is 9.16. The number of ether oxygens (including phenoxy) is 1. The van der Waals surface area contributed by atoms with Gasteiger partial charge in [-0.15, -0.1) is 0 Å². The number of aryl methyl sites for hydroxylation is 1. The number of anilines is 1. The number of urea groups is 1. The highest BCUT2D eigenvalue weighted by Gasteiger charge is 2.53. The summed E-state index contributed by atoms with van der Waals surface area (Å²) < 4.78 is 6.56. The van der Waals surface area contributed by atoms with Gasteiger partial charge in [0.25, 0.3) is 5.91 Å². The number of piperazine rings is 1. The van der Waals surface area contributed by atoms with Gasteiger partial charge in [0.05, 0.1) is 28.6 Å². The minimum Gasteiger partial charge on any atom is -0.496 e. The van der Waals surface area contributed by atoms with E-state index in [0.717, 1.165) is 40.6 Å². The Balaban J connectivity index is 1.13. The van der Waals surface area contributed by atoms with Gasteiger partial charge in [0, 0.05) is 49.5 Å². The van der Waals surface area contributed by atoms with Crippen LogP contribution in [0, 0.1) is 12.3 Å². The molecule has 3 heterocycles. The fourth-order valence-electron chi connectivity index (χ4n) is 6.57. The largest absolute Gasteiger partial charge is 0.496 e. The molecule has 2 spiro atoms. The minimum atomic E-state index is -0.201. The molecule has 0 atom stereocenters. The van der Waals surface area contributed by atoms with Crippen molar-refractivity contribution in [2.24, 2.45) is 5.41 Å². The van der Waals surface area contributed by atoms with Gasteiger partial charge in [-0.05, 0) is 50.3 Å². The highest BCUT2D eigenvalue weighted by atomic mass is 32.2. The highest BCUT2D eigenvalue weighted by Crippen LogP contribution is 2.47. The number of aromatic nitrogens is 1. The second-order valence-electron chi connectivity index (χ2n) is 11.7. The zero-order chi connectivity index (χ0) is 28.1. The van der Waals surface area contributed by atoms with Crippen LogP contribution >= 0.6 is 23.1 Å². The van der Waals surface area contributed by atoms with Crippen LogP contribution in [0.25, 0.3) is 0 Å². The molecule has 1 N–H and O–H groups in total. The van der Waals surface area contributed by atoms with Crippen LogP contribution in [0.15, 0.2) is 27.4 Å². The number of nitrogens with zero attached hydrogens (tertiary/aromatic N) is 4. The van der Waals surface area contributed by atoms with E-state index in [-0.39, 0.29) is 23.4 Å². The molecule has 2 saturated carbocycles. The van der Waals surface area contributed by atoms with Crippen LogP contribution in [0.2, 0.25) is 0 Å². The molecule has 0 radical (unpaired) electrons. The minimum absolute atomic E-state index is 0.0691. The summed E-state index contributed by atoms with van der Waals surface area (Å²) in [6.45, 7) is 7.23. The monoisotopic (exact) mass is 583 g/mol. The average Bonchev–Trinajstić information content (AvgIpc) is 3.31. The average molecular weight is 584 g/mol. The summed E-state index contributed by atoms with van der Waals surface area (Å²) in [6, 6.07) is 3.74. The van der Waals surface area contributed by atoms with Crippen LogP contribution in [0.3, 0.4) is 0 Å². The summed E-state index contributed by atoms with van der Waals surface area (Å²) in [5.41, 5.74) is 1.69. The van der Waals surface area contributed by atoms with E-state index in [1.165, 1.54) is 48.8 Å². The van der Waals surface area contributed by atoms with Crippen molar-refractivity contribution in [2.45, 2.75) is 73.4 Å². The predicted molar refractivity (Wildman–Crippen MR) is 155 cm³/mol. The summed E-state index contributed by atoms with van der Waals surface area (Å²) in [4.78, 5) is 50.0. The predicted octanol–water partition coefficient (Wildman–Crippen LogP) is 5.25. The standard InChI is InChI=1S/C29H37N5O4S2/c1-4-23(35)34-12-11-32(18-29(34)9-10-29)25(36)20-14-22(19(2)13-21(20)38-3)39-24-15-30-26(40-24)31-27(37)33-16-28(17-33)7-5-6-8-28/h13-15H,4-12,16-18H2,1-3H3,(H,30,31,37). The zero-order valence-electron chi connectivity index (χ0n) is 23.5. The number of hydrogen-bond donors (Lipinski definition) is 1. The molecule has 2 saturated heterocycles. The quantitative estimate of drug-likeness (QED) is 0.500. The number of methoxy groups -OCH3 is 1. The molecule has 6 rings (SSSR count). The van der Waals surface area contributed by atoms with Gasteiger partial charge in [0.1, 0.15) is 5.75 Å². The van der Waals surface area contributed by atoms with Gasteiger partial charge in [0.2, 0.25) is 5.91 Å². The number of likely N-dealkylation sites (tertiary alicyclic amines) is 1. The molecule has 2 aliphatic carbocycles. The Bertz CT molecular complexity index is 1330. The first-order chi connectivity index (χ1) is 19.2. The molecule has 214 valence electrons. The van der Waals surface area contributed by atoms with Crippen LogP contribution < -0.4 is 10.1 Å². The van der Waals surface area contributed by atoms with Crippen molar-refractivity contribution < 1.29 is 19.1 Å². The highest BCUT2D eigenvalue weighted by molar-refractivity contribution is 8.01. The first-order valence-corrected chi connectivity index (χ1v) is 15.9. The van der Waals surface area contributed by atoms with Crippen molar-refractivity contribution in [3.05, 3.63) is 29.5 Å². The van der Waals surface area contributed by atoms with Crippen LogP contribution in [-0.2, 0) is 4.79 Å². The molecule has 4 amide bonds. The van der Waals surface area contributed by atoms with Crippen LogP contribution in [-0.4, -0.2) is 82.9 Å². The molecule has 0 unspecified atom stereocenters. The molecule has 9 nitrogen and oxygen atoms in total. The second-order valence-corrected chi connectivity index (χ2v) is 14.1. The van der Waals surface area contributed by atoms with E-state index < -0.39 is 0 Å². The number of benzene rings is 1. The molecular formula is C29H37N5O4S2. The van der Waals surface area contributed by atoms with Crippen molar-refractivity contribution in [3.8, 4) is 5.75 Å². The van der Waals surface area contributed by atoms with Crippen LogP contribution in [0.4, 0.5) is 9.93 Å². The molecule has 4 fully saturated rings. The Morgan fingerprint density at radius 1 is 1.07 bits per heavy atom. The summed E-state index contributed by atoms with van der Waals surface area (Å²) in [5, 5.41) is 3.54. The third-order valence-electron chi connectivity index (χ3n) is 9.01. The van der Waals surface area contributed by atoms with E-state index in [0.29, 0.717) is 47.9 Å². The van der Waals surface area contributed by atoms with E-state index >= 15 is 0 Å². The van der Waals surface area contributed by atoms with Crippen molar-refractivity contribution in [1.29, 1.82) is 0 Å². The zero-order valence-corrected chi connectivity index (χ0v) is 25.1. The normalized spacial score (nSPS) is 20.5. The maximum absolute atomic E-state index is 13.7. The van der Waals surface area contributed by atoms with Gasteiger partial charge < -0.3 is 19.4 Å². The number of rotatable bonds is 6. The molecule has 0 bridgehead atoms. The fourth-order valence-corrected chi connectivity index (χ4v) is 8.50. The summed E-state index contributed by atoms with van der Waals surface area (Å²) in [7, 11) is 1.59. The van der Waals surface area contributed by atoms with E-state index in [1.807, 2.05) is 40.7 Å². The van der Waals surface area contributed by atoms with Crippen LogP contribution in [0.1, 0.15) is 67.8 Å². The first kappa shape index (κ1) is 27.4. The van der Waals surface area contributed by atoms with E-state index in [9.17, 15) is 14.4 Å². The maximum atomic E-state index is 13.7. The lowest BCUT2D eigenvalue weighted by Gasteiger charge is -2.47. The molecular weight excluding hydrogens is 546 g/mol. The lowest BCUT2D eigenvalue weighted by molar-refractivity contribution is -0.136. The second kappa shape index (κ2) is 10.6. The molecule has 1 aromatic heterocycles. The molecule has 1 aromatic carbocycles. The van der Waals surface area contributed by atoms with Crippen LogP contribution in [0.5, 0.6) is 5.75 Å². The molecule has 2 aliphatic heterocycles. The Morgan fingerprint density at radius 3 is 2.50 bits per heavy atom. The smallest absolute Gasteiger partial charge is 0.323 e. The van der Waals surface area contributed by atoms with E-state index in [2.05, 4.69) is 10.3 Å². The van der Waals surface area contributed by atoms with Gasteiger partial charge in [-0.25, -0.2) is 9.78 Å². The Kier molecular flexibility index (Phi) is 7.23. The number of hydrogen-bond acceptors (Lipinski definition) is 7. The number of amides is 4. The van der Waals surface area contributed by atoms with Crippen molar-refractivity contribution in [2.75, 3.05) is 45.2 Å². The molecule has 11 heteroatoms. The number of carbonyl (C=O) groups is 3. The Morgan fingerprint density at radius 2 is 1.82 bits per heavy atom. The fraction of sp³-hybridized carbons (Fsp3) is 0.586. The number of nitrogens with one attached hydrogen (secondary N) is 1. The van der Waals surface area contributed by atoms with Crippen molar-refractivity contribution >= 4 is 46.1 Å². The Hall–Kier alpha value is -2.79. The van der Waals surface area contributed by atoms with Gasteiger partial charge in [-0.3, -0.25) is 14.9 Å². The van der Waals surface area contributed by atoms with Gasteiger partial charge >= 0.3 is 6.03 Å². The third-order valence-corrected chi connectivity index (χ3v) is 11.2. The van der Waals surface area contributed by atoms with Gasteiger partial charge in [-0.1, -0.05) is 42.9 Å². The van der Waals surface area contributed by atoms with Gasteiger partial charge in [0.15, 0.2) is 5.13 Å². The third kappa shape index (κ3) is 5.06. The number of carbonyl (C=O) groups excluding carboxylic acids is 3. The maximum Gasteiger partial charge on any atom is 0.323 e. The topological polar surface area (TPSA) is 95.1 Å². The Labute approximate surface area is 243 Å². The summed E-state index contributed by atoms with van der Waals surface area (Å²) >= 11 is 2.97. The van der Waals surface area contributed by atoms with Crippen molar-refractivity contribution in [1.82, 2.24) is 19.7 Å². The lowest BCUT2D eigenvalue weighted by atomic mass is 9.78.